The molecule has 0 bridgehead atoms. The molecule has 0 radical (unpaired) electrons. The molecule has 3 heteroatoms. The Kier molecular flexibility index (Phi) is 6.71. The van der Waals surface area contributed by atoms with E-state index in [2.05, 4.69) is 6.92 Å². The molecule has 140 valence electrons. The van der Waals surface area contributed by atoms with Crippen molar-refractivity contribution in [2.24, 2.45) is 23.7 Å². The molecule has 0 aliphatic heterocycles. The molecule has 0 aromatic heterocycles. The quantitative estimate of drug-likeness (QED) is 0.605. The lowest BCUT2D eigenvalue weighted by Crippen LogP contribution is -2.25. The van der Waals surface area contributed by atoms with Gasteiger partial charge in [0.05, 0.1) is 9.52 Å². The van der Waals surface area contributed by atoms with E-state index in [0.29, 0.717) is 10.8 Å². The number of hydrogen-bond acceptors (Lipinski definition) is 0. The fraction of sp³-hybridized carbons (Fsp3) is 0.727. The van der Waals surface area contributed by atoms with Crippen LogP contribution in [0.1, 0.15) is 70.3 Å². The molecule has 2 aliphatic carbocycles. The van der Waals surface area contributed by atoms with Gasteiger partial charge in [-0.25, -0.2) is 8.78 Å². The first kappa shape index (κ1) is 19.1. The number of benzene rings is 1. The van der Waals surface area contributed by atoms with E-state index in [1.807, 2.05) is 6.07 Å². The summed E-state index contributed by atoms with van der Waals surface area (Å²) in [5, 5.41) is 0.696. The molecule has 0 N–H and O–H groups in total. The van der Waals surface area contributed by atoms with Gasteiger partial charge in [0.2, 0.25) is 0 Å². The van der Waals surface area contributed by atoms with E-state index in [9.17, 15) is 8.78 Å². The van der Waals surface area contributed by atoms with Crippen molar-refractivity contribution in [3.63, 3.8) is 0 Å². The highest BCUT2D eigenvalue weighted by molar-refractivity contribution is 6.53. The minimum Gasteiger partial charge on any atom is -0.204 e. The summed E-state index contributed by atoms with van der Waals surface area (Å²) in [5.41, 5.74) is 0.424. The monoisotopic (exact) mass is 364 g/mol. The summed E-state index contributed by atoms with van der Waals surface area (Å²) in [7, 11) is -0.686. The molecule has 0 amide bonds. The lowest BCUT2D eigenvalue weighted by molar-refractivity contribution is 0.201. The molecule has 2 saturated carbocycles. The Morgan fingerprint density at radius 1 is 0.840 bits per heavy atom. The standard InChI is InChI=1S/C22H34F2Si/c1-15-3-6-17(7-4-15)13-18-8-10-19(11-9-18)14-25-20-12-5-16(2)21(23)22(20)24/h5,12,15,17-19H,3-4,6-11,13-14,25H2,1-2H3. The summed E-state index contributed by atoms with van der Waals surface area (Å²) in [5.74, 6) is 2.44. The maximum absolute atomic E-state index is 14.0. The molecule has 0 unspecified atom stereocenters. The molecule has 0 saturated heterocycles. The van der Waals surface area contributed by atoms with Crippen LogP contribution in [0.15, 0.2) is 12.1 Å². The van der Waals surface area contributed by atoms with E-state index in [-0.39, 0.29) is 0 Å². The molecule has 0 nitrogen and oxygen atoms in total. The fourth-order valence-corrected chi connectivity index (χ4v) is 6.99. The number of aryl methyl sites for hydroxylation is 1. The van der Waals surface area contributed by atoms with Crippen molar-refractivity contribution in [1.82, 2.24) is 0 Å². The molecular formula is C22H34F2Si. The number of halogens is 2. The van der Waals surface area contributed by atoms with Crippen LogP contribution in [-0.4, -0.2) is 9.52 Å². The van der Waals surface area contributed by atoms with Crippen LogP contribution in [0.5, 0.6) is 0 Å². The van der Waals surface area contributed by atoms with E-state index >= 15 is 0 Å². The largest absolute Gasteiger partial charge is 0.204 e. The van der Waals surface area contributed by atoms with Gasteiger partial charge in [-0.05, 0) is 47.8 Å². The van der Waals surface area contributed by atoms with E-state index in [1.165, 1.54) is 57.8 Å². The molecule has 0 heterocycles. The fourth-order valence-electron chi connectivity index (χ4n) is 5.03. The molecule has 3 rings (SSSR count). The smallest absolute Gasteiger partial charge is 0.161 e. The highest BCUT2D eigenvalue weighted by Crippen LogP contribution is 2.39. The first-order valence-corrected chi connectivity index (χ1v) is 12.2. The van der Waals surface area contributed by atoms with Crippen LogP contribution in [0.25, 0.3) is 0 Å². The average Bonchev–Trinajstić information content (AvgIpc) is 2.62. The van der Waals surface area contributed by atoms with Crippen molar-refractivity contribution in [2.75, 3.05) is 0 Å². The van der Waals surface area contributed by atoms with Crippen molar-refractivity contribution in [2.45, 2.75) is 77.7 Å². The number of hydrogen-bond donors (Lipinski definition) is 0. The SMILES string of the molecule is Cc1ccc([SiH2]CC2CCC(CC3CCC(C)CC3)CC2)c(F)c1F. The Labute approximate surface area is 154 Å². The Bertz CT molecular complexity index is 555. The molecule has 1 aromatic rings. The predicted octanol–water partition coefficient (Wildman–Crippen LogP) is 5.51. The van der Waals surface area contributed by atoms with Crippen LogP contribution in [0.3, 0.4) is 0 Å². The third kappa shape index (κ3) is 5.15. The third-order valence-corrected chi connectivity index (χ3v) is 9.14. The first-order valence-electron chi connectivity index (χ1n) is 10.5. The topological polar surface area (TPSA) is 0 Å². The molecule has 1 aromatic carbocycles. The summed E-state index contributed by atoms with van der Waals surface area (Å²) in [6, 6.07) is 4.71. The zero-order valence-electron chi connectivity index (χ0n) is 16.0. The highest BCUT2D eigenvalue weighted by Gasteiger charge is 2.26. The van der Waals surface area contributed by atoms with Crippen LogP contribution >= 0.6 is 0 Å². The number of rotatable bonds is 5. The second-order valence-corrected chi connectivity index (χ2v) is 10.8. The van der Waals surface area contributed by atoms with Gasteiger partial charge in [-0.3, -0.25) is 0 Å². The van der Waals surface area contributed by atoms with Gasteiger partial charge in [-0.1, -0.05) is 76.5 Å². The van der Waals surface area contributed by atoms with Gasteiger partial charge in [0, 0.05) is 0 Å². The van der Waals surface area contributed by atoms with E-state index in [4.69, 9.17) is 0 Å². The Balaban J connectivity index is 1.40. The van der Waals surface area contributed by atoms with Crippen LogP contribution in [-0.2, 0) is 0 Å². The van der Waals surface area contributed by atoms with Gasteiger partial charge in [-0.15, -0.1) is 0 Å². The third-order valence-electron chi connectivity index (χ3n) is 6.95. The summed E-state index contributed by atoms with van der Waals surface area (Å²) in [4.78, 5) is 0. The van der Waals surface area contributed by atoms with Crippen molar-refractivity contribution >= 4 is 14.7 Å². The maximum Gasteiger partial charge on any atom is 0.161 e. The maximum atomic E-state index is 14.0. The van der Waals surface area contributed by atoms with Crippen LogP contribution < -0.4 is 5.19 Å². The molecule has 2 aliphatic rings. The van der Waals surface area contributed by atoms with Crippen molar-refractivity contribution in [1.29, 1.82) is 0 Å². The van der Waals surface area contributed by atoms with Crippen LogP contribution in [0.2, 0.25) is 6.04 Å². The normalized spacial score (nSPS) is 30.9. The lowest BCUT2D eigenvalue weighted by Gasteiger charge is -2.33. The van der Waals surface area contributed by atoms with Gasteiger partial charge in [-0.2, -0.15) is 0 Å². The van der Waals surface area contributed by atoms with Gasteiger partial charge in [0.15, 0.2) is 11.6 Å². The minimum atomic E-state index is -0.686. The molecular weight excluding hydrogens is 330 g/mol. The molecule has 25 heavy (non-hydrogen) atoms. The Hall–Kier alpha value is -0.703. The molecule has 2 fully saturated rings. The Morgan fingerprint density at radius 3 is 2.04 bits per heavy atom. The van der Waals surface area contributed by atoms with Gasteiger partial charge >= 0.3 is 0 Å². The second kappa shape index (κ2) is 8.79. The summed E-state index contributed by atoms with van der Waals surface area (Å²) in [6.45, 7) is 4.03. The van der Waals surface area contributed by atoms with E-state index in [0.717, 1.165) is 29.7 Å². The zero-order chi connectivity index (χ0) is 17.8. The van der Waals surface area contributed by atoms with Gasteiger partial charge in [0.25, 0.3) is 0 Å². The van der Waals surface area contributed by atoms with Crippen molar-refractivity contribution in [3.05, 3.63) is 29.3 Å². The van der Waals surface area contributed by atoms with Crippen molar-refractivity contribution < 1.29 is 8.78 Å². The van der Waals surface area contributed by atoms with Gasteiger partial charge in [0.1, 0.15) is 0 Å². The summed E-state index contributed by atoms with van der Waals surface area (Å²) in [6.07, 6.45) is 12.6. The van der Waals surface area contributed by atoms with Gasteiger partial charge < -0.3 is 0 Å². The molecule has 0 spiro atoms. The predicted molar refractivity (Wildman–Crippen MR) is 105 cm³/mol. The minimum absolute atomic E-state index is 0.424. The molecule has 0 atom stereocenters. The first-order chi connectivity index (χ1) is 12.0. The summed E-state index contributed by atoms with van der Waals surface area (Å²) < 4.78 is 27.7. The van der Waals surface area contributed by atoms with Crippen LogP contribution in [0.4, 0.5) is 8.78 Å². The zero-order valence-corrected chi connectivity index (χ0v) is 17.4. The Morgan fingerprint density at radius 2 is 1.40 bits per heavy atom. The summed E-state index contributed by atoms with van der Waals surface area (Å²) >= 11 is 0. The van der Waals surface area contributed by atoms with Crippen molar-refractivity contribution in [3.8, 4) is 0 Å². The van der Waals surface area contributed by atoms with Crippen LogP contribution in [0, 0.1) is 42.2 Å². The van der Waals surface area contributed by atoms with E-state index in [1.54, 1.807) is 13.0 Å². The highest BCUT2D eigenvalue weighted by atomic mass is 28.2. The van der Waals surface area contributed by atoms with E-state index < -0.39 is 21.2 Å². The average molecular weight is 365 g/mol. The lowest BCUT2D eigenvalue weighted by atomic mass is 9.74. The second-order valence-electron chi connectivity index (χ2n) is 8.96.